The number of rotatable bonds is 5. The summed E-state index contributed by atoms with van der Waals surface area (Å²) >= 11 is 6.17. The van der Waals surface area contributed by atoms with Gasteiger partial charge in [0.2, 0.25) is 0 Å². The smallest absolute Gasteiger partial charge is 0.253 e. The first kappa shape index (κ1) is 17.8. The van der Waals surface area contributed by atoms with Crippen molar-refractivity contribution >= 4 is 28.9 Å². The van der Waals surface area contributed by atoms with E-state index >= 15 is 0 Å². The number of benzene rings is 3. The lowest BCUT2D eigenvalue weighted by Gasteiger charge is -2.14. The molecule has 0 spiro atoms. The zero-order valence-electron chi connectivity index (χ0n) is 14.3. The molecule has 0 aliphatic heterocycles. The molecule has 0 heterocycles. The molecule has 0 aromatic heterocycles. The summed E-state index contributed by atoms with van der Waals surface area (Å²) in [5.41, 5.74) is 3.63. The molecule has 132 valence electrons. The molecule has 0 fully saturated rings. The van der Waals surface area contributed by atoms with Crippen LogP contribution in [0.3, 0.4) is 0 Å². The van der Waals surface area contributed by atoms with E-state index < -0.39 is 0 Å². The summed E-state index contributed by atoms with van der Waals surface area (Å²) in [5, 5.41) is 16.6. The van der Waals surface area contributed by atoms with E-state index in [1.54, 1.807) is 24.3 Å². The van der Waals surface area contributed by atoms with Crippen molar-refractivity contribution in [1.29, 1.82) is 0 Å². The predicted molar refractivity (Wildman–Crippen MR) is 105 cm³/mol. The SMILES string of the molecule is Cc1c(Cl)cccc1Nc1ccccc1C(=O)NCc1ccccc1O. The Morgan fingerprint density at radius 2 is 1.65 bits per heavy atom. The topological polar surface area (TPSA) is 61.4 Å². The maximum atomic E-state index is 12.6. The molecule has 1 amide bonds. The van der Waals surface area contributed by atoms with Gasteiger partial charge in [0.15, 0.2) is 0 Å². The number of halogens is 1. The molecule has 0 saturated carbocycles. The second-order valence-electron chi connectivity index (χ2n) is 5.89. The Morgan fingerprint density at radius 3 is 2.46 bits per heavy atom. The highest BCUT2D eigenvalue weighted by Crippen LogP contribution is 2.28. The minimum atomic E-state index is -0.226. The van der Waals surface area contributed by atoms with Crippen LogP contribution in [0, 0.1) is 6.92 Å². The van der Waals surface area contributed by atoms with Crippen molar-refractivity contribution in [3.63, 3.8) is 0 Å². The average molecular weight is 367 g/mol. The van der Waals surface area contributed by atoms with E-state index in [0.717, 1.165) is 11.3 Å². The minimum Gasteiger partial charge on any atom is -0.508 e. The molecule has 0 saturated heterocycles. The van der Waals surface area contributed by atoms with E-state index in [0.29, 0.717) is 21.8 Å². The first-order valence-corrected chi connectivity index (χ1v) is 8.60. The van der Waals surface area contributed by atoms with Gasteiger partial charge in [0.05, 0.1) is 11.3 Å². The van der Waals surface area contributed by atoms with Crippen LogP contribution in [0.15, 0.2) is 66.7 Å². The molecule has 3 aromatic rings. The van der Waals surface area contributed by atoms with Crippen LogP contribution in [0.1, 0.15) is 21.5 Å². The number of para-hydroxylation sites is 2. The highest BCUT2D eigenvalue weighted by atomic mass is 35.5. The molecule has 0 unspecified atom stereocenters. The molecule has 5 heteroatoms. The fourth-order valence-electron chi connectivity index (χ4n) is 2.61. The van der Waals surface area contributed by atoms with Gasteiger partial charge in [-0.15, -0.1) is 0 Å². The largest absolute Gasteiger partial charge is 0.508 e. The highest BCUT2D eigenvalue weighted by molar-refractivity contribution is 6.31. The summed E-state index contributed by atoms with van der Waals surface area (Å²) < 4.78 is 0. The van der Waals surface area contributed by atoms with Crippen LogP contribution >= 0.6 is 11.6 Å². The van der Waals surface area contributed by atoms with E-state index in [2.05, 4.69) is 10.6 Å². The van der Waals surface area contributed by atoms with E-state index in [-0.39, 0.29) is 18.2 Å². The van der Waals surface area contributed by atoms with Gasteiger partial charge in [0, 0.05) is 22.8 Å². The van der Waals surface area contributed by atoms with Crippen LogP contribution in [0.25, 0.3) is 0 Å². The monoisotopic (exact) mass is 366 g/mol. The van der Waals surface area contributed by atoms with E-state index in [9.17, 15) is 9.90 Å². The third kappa shape index (κ3) is 3.98. The summed E-state index contributed by atoms with van der Waals surface area (Å²) in [6, 6.07) is 19.8. The number of amides is 1. The number of carbonyl (C=O) groups excluding carboxylic acids is 1. The number of phenols is 1. The van der Waals surface area contributed by atoms with Gasteiger partial charge in [-0.25, -0.2) is 0 Å². The summed E-state index contributed by atoms with van der Waals surface area (Å²) in [7, 11) is 0. The molecule has 3 rings (SSSR count). The lowest BCUT2D eigenvalue weighted by atomic mass is 10.1. The van der Waals surface area contributed by atoms with Crippen molar-refractivity contribution in [2.45, 2.75) is 13.5 Å². The fourth-order valence-corrected chi connectivity index (χ4v) is 2.78. The van der Waals surface area contributed by atoms with Gasteiger partial charge in [-0.2, -0.15) is 0 Å². The van der Waals surface area contributed by atoms with Crippen molar-refractivity contribution in [2.75, 3.05) is 5.32 Å². The third-order valence-corrected chi connectivity index (χ3v) is 4.55. The Kier molecular flexibility index (Phi) is 5.44. The quantitative estimate of drug-likeness (QED) is 0.593. The van der Waals surface area contributed by atoms with Gasteiger partial charge in [-0.05, 0) is 42.8 Å². The predicted octanol–water partition coefficient (Wildman–Crippen LogP) is 5.03. The molecule has 4 nitrogen and oxygen atoms in total. The Labute approximate surface area is 157 Å². The maximum Gasteiger partial charge on any atom is 0.253 e. The highest BCUT2D eigenvalue weighted by Gasteiger charge is 2.13. The molecule has 26 heavy (non-hydrogen) atoms. The zero-order chi connectivity index (χ0) is 18.5. The van der Waals surface area contributed by atoms with E-state index in [1.807, 2.05) is 49.4 Å². The van der Waals surface area contributed by atoms with E-state index in [1.165, 1.54) is 0 Å². The average Bonchev–Trinajstić information content (AvgIpc) is 2.65. The molecule has 0 aliphatic rings. The molecule has 0 radical (unpaired) electrons. The minimum absolute atomic E-state index is 0.161. The lowest BCUT2D eigenvalue weighted by molar-refractivity contribution is 0.0951. The standard InChI is InChI=1S/C21H19ClN2O2/c1-14-17(22)9-6-11-18(14)24-19-10-4-3-8-16(19)21(26)23-13-15-7-2-5-12-20(15)25/h2-12,24-25H,13H2,1H3,(H,23,26). The number of aromatic hydroxyl groups is 1. The molecule has 3 N–H and O–H groups in total. The van der Waals surface area contributed by atoms with E-state index in [4.69, 9.17) is 11.6 Å². The zero-order valence-corrected chi connectivity index (χ0v) is 15.0. The first-order chi connectivity index (χ1) is 12.6. The number of carbonyl (C=O) groups is 1. The first-order valence-electron chi connectivity index (χ1n) is 8.22. The number of hydrogen-bond donors (Lipinski definition) is 3. The number of phenolic OH excluding ortho intramolecular Hbond substituents is 1. The van der Waals surface area contributed by atoms with Crippen molar-refractivity contribution in [3.05, 3.63) is 88.4 Å². The Morgan fingerprint density at radius 1 is 0.962 bits per heavy atom. The number of anilines is 2. The van der Waals surface area contributed by atoms with Gasteiger partial charge in [-0.1, -0.05) is 48.0 Å². The third-order valence-electron chi connectivity index (χ3n) is 4.14. The summed E-state index contributed by atoms with van der Waals surface area (Å²) in [5.74, 6) is -0.0650. The van der Waals surface area contributed by atoms with Crippen molar-refractivity contribution in [1.82, 2.24) is 5.32 Å². The summed E-state index contributed by atoms with van der Waals surface area (Å²) in [6.07, 6.45) is 0. The molecular weight excluding hydrogens is 348 g/mol. The van der Waals surface area contributed by atoms with Crippen molar-refractivity contribution in [3.8, 4) is 5.75 Å². The molecule has 0 bridgehead atoms. The van der Waals surface area contributed by atoms with Crippen LogP contribution in [-0.2, 0) is 6.54 Å². The Bertz CT molecular complexity index is 941. The second kappa shape index (κ2) is 7.93. The maximum absolute atomic E-state index is 12.6. The lowest BCUT2D eigenvalue weighted by Crippen LogP contribution is -2.23. The summed E-state index contributed by atoms with van der Waals surface area (Å²) in [4.78, 5) is 12.6. The van der Waals surface area contributed by atoms with Crippen LogP contribution in [-0.4, -0.2) is 11.0 Å². The molecule has 0 atom stereocenters. The Hall–Kier alpha value is -2.98. The van der Waals surface area contributed by atoms with Gasteiger partial charge in [-0.3, -0.25) is 4.79 Å². The van der Waals surface area contributed by atoms with Gasteiger partial charge in [0.25, 0.3) is 5.91 Å². The molecular formula is C21H19ClN2O2. The molecule has 0 aliphatic carbocycles. The molecule has 3 aromatic carbocycles. The van der Waals surface area contributed by atoms with Crippen LogP contribution < -0.4 is 10.6 Å². The van der Waals surface area contributed by atoms with Gasteiger partial charge in [0.1, 0.15) is 5.75 Å². The summed E-state index contributed by atoms with van der Waals surface area (Å²) in [6.45, 7) is 2.17. The Balaban J connectivity index is 1.79. The normalized spacial score (nSPS) is 10.4. The van der Waals surface area contributed by atoms with Crippen LogP contribution in [0.5, 0.6) is 5.75 Å². The van der Waals surface area contributed by atoms with Crippen molar-refractivity contribution < 1.29 is 9.90 Å². The van der Waals surface area contributed by atoms with Crippen molar-refractivity contribution in [2.24, 2.45) is 0 Å². The number of nitrogens with one attached hydrogen (secondary N) is 2. The van der Waals surface area contributed by atoms with Gasteiger partial charge >= 0.3 is 0 Å². The van der Waals surface area contributed by atoms with Gasteiger partial charge < -0.3 is 15.7 Å². The second-order valence-corrected chi connectivity index (χ2v) is 6.30. The van der Waals surface area contributed by atoms with Crippen LogP contribution in [0.4, 0.5) is 11.4 Å². The van der Waals surface area contributed by atoms with Crippen LogP contribution in [0.2, 0.25) is 5.02 Å². The number of hydrogen-bond acceptors (Lipinski definition) is 3. The fraction of sp³-hybridized carbons (Fsp3) is 0.0952.